The molecule has 0 N–H and O–H groups in total. The van der Waals surface area contributed by atoms with Crippen molar-refractivity contribution in [3.8, 4) is 22.8 Å². The highest BCUT2D eigenvalue weighted by Gasteiger charge is 2.15. The van der Waals surface area contributed by atoms with E-state index in [1.807, 2.05) is 18.3 Å². The summed E-state index contributed by atoms with van der Waals surface area (Å²) in [6.07, 6.45) is 5.37. The SMILES string of the molecule is COc1cc(-c2cnn3cc(OC)c(C(C)C)nc23)ccn1. The van der Waals surface area contributed by atoms with Crippen molar-refractivity contribution >= 4 is 5.65 Å². The third-order valence-corrected chi connectivity index (χ3v) is 3.51. The second kappa shape index (κ2) is 5.63. The monoisotopic (exact) mass is 298 g/mol. The smallest absolute Gasteiger partial charge is 0.213 e. The highest BCUT2D eigenvalue weighted by atomic mass is 16.5. The molecule has 0 unspecified atom stereocenters. The quantitative estimate of drug-likeness (QED) is 0.741. The Morgan fingerprint density at radius 3 is 2.68 bits per heavy atom. The Bertz CT molecular complexity index is 811. The first-order chi connectivity index (χ1) is 10.6. The molecule has 22 heavy (non-hydrogen) atoms. The van der Waals surface area contributed by atoms with Crippen molar-refractivity contribution in [2.45, 2.75) is 19.8 Å². The Balaban J connectivity index is 2.20. The Kier molecular flexibility index (Phi) is 3.66. The number of methoxy groups -OCH3 is 2. The topological polar surface area (TPSA) is 61.5 Å². The van der Waals surface area contributed by atoms with E-state index in [9.17, 15) is 0 Å². The van der Waals surface area contributed by atoms with Gasteiger partial charge in [0, 0.05) is 17.8 Å². The predicted molar refractivity (Wildman–Crippen MR) is 83.4 cm³/mol. The molecule has 3 rings (SSSR count). The van der Waals surface area contributed by atoms with Gasteiger partial charge in [-0.05, 0) is 17.5 Å². The molecule has 0 fully saturated rings. The average Bonchev–Trinajstić information content (AvgIpc) is 2.96. The third-order valence-electron chi connectivity index (χ3n) is 3.51. The summed E-state index contributed by atoms with van der Waals surface area (Å²) in [5.74, 6) is 1.56. The average molecular weight is 298 g/mol. The number of hydrogen-bond acceptors (Lipinski definition) is 5. The van der Waals surface area contributed by atoms with Crippen LogP contribution in [0.25, 0.3) is 16.8 Å². The summed E-state index contributed by atoms with van der Waals surface area (Å²) in [5, 5.41) is 4.37. The second-order valence-electron chi connectivity index (χ2n) is 5.26. The van der Waals surface area contributed by atoms with Gasteiger partial charge in [0.25, 0.3) is 0 Å². The molecular weight excluding hydrogens is 280 g/mol. The molecule has 3 heterocycles. The van der Waals surface area contributed by atoms with Crippen LogP contribution in [-0.2, 0) is 0 Å². The Labute approximate surface area is 128 Å². The van der Waals surface area contributed by atoms with E-state index < -0.39 is 0 Å². The number of rotatable bonds is 4. The fourth-order valence-corrected chi connectivity index (χ4v) is 2.37. The summed E-state index contributed by atoms with van der Waals surface area (Å²) < 4.78 is 12.3. The molecule has 0 aromatic carbocycles. The van der Waals surface area contributed by atoms with Crippen molar-refractivity contribution in [2.75, 3.05) is 14.2 Å². The first-order valence-electron chi connectivity index (χ1n) is 7.06. The van der Waals surface area contributed by atoms with Crippen molar-refractivity contribution in [1.29, 1.82) is 0 Å². The number of hydrogen-bond donors (Lipinski definition) is 0. The molecule has 6 nitrogen and oxygen atoms in total. The predicted octanol–water partition coefficient (Wildman–Crippen LogP) is 2.93. The van der Waals surface area contributed by atoms with Gasteiger partial charge >= 0.3 is 0 Å². The zero-order chi connectivity index (χ0) is 15.7. The molecule has 0 atom stereocenters. The van der Waals surface area contributed by atoms with Gasteiger partial charge in [0.15, 0.2) is 11.4 Å². The van der Waals surface area contributed by atoms with Crippen LogP contribution in [-0.4, -0.2) is 33.8 Å². The van der Waals surface area contributed by atoms with E-state index >= 15 is 0 Å². The zero-order valence-corrected chi connectivity index (χ0v) is 13.1. The molecule has 0 radical (unpaired) electrons. The number of fused-ring (bicyclic) bond motifs is 1. The lowest BCUT2D eigenvalue weighted by molar-refractivity contribution is 0.398. The number of pyridine rings is 1. The highest BCUT2D eigenvalue weighted by molar-refractivity contribution is 5.77. The van der Waals surface area contributed by atoms with Crippen molar-refractivity contribution in [1.82, 2.24) is 19.6 Å². The maximum Gasteiger partial charge on any atom is 0.213 e. The lowest BCUT2D eigenvalue weighted by Gasteiger charge is -2.11. The lowest BCUT2D eigenvalue weighted by atomic mass is 10.1. The zero-order valence-electron chi connectivity index (χ0n) is 13.1. The van der Waals surface area contributed by atoms with Gasteiger partial charge in [-0.25, -0.2) is 14.5 Å². The Hall–Kier alpha value is -2.63. The molecule has 0 amide bonds. The maximum absolute atomic E-state index is 5.41. The van der Waals surface area contributed by atoms with Crippen molar-refractivity contribution in [2.24, 2.45) is 0 Å². The highest BCUT2D eigenvalue weighted by Crippen LogP contribution is 2.30. The van der Waals surface area contributed by atoms with Crippen LogP contribution in [0.15, 0.2) is 30.7 Å². The normalized spacial score (nSPS) is 11.1. The summed E-state index contributed by atoms with van der Waals surface area (Å²) in [7, 11) is 3.25. The standard InChI is InChI=1S/C16H18N4O2/c1-10(2)15-13(21-3)9-20-16(19-15)12(8-18-20)11-5-6-17-14(7-11)22-4/h5-10H,1-4H3. The Morgan fingerprint density at radius 1 is 1.18 bits per heavy atom. The first-order valence-corrected chi connectivity index (χ1v) is 7.06. The van der Waals surface area contributed by atoms with E-state index in [1.165, 1.54) is 0 Å². The summed E-state index contributed by atoms with van der Waals surface area (Å²) >= 11 is 0. The van der Waals surface area contributed by atoms with Crippen LogP contribution in [0.5, 0.6) is 11.6 Å². The fourth-order valence-electron chi connectivity index (χ4n) is 2.37. The van der Waals surface area contributed by atoms with Crippen LogP contribution < -0.4 is 9.47 Å². The molecule has 0 aliphatic carbocycles. The number of aromatic nitrogens is 4. The van der Waals surface area contributed by atoms with Crippen LogP contribution in [0.1, 0.15) is 25.5 Å². The van der Waals surface area contributed by atoms with Crippen molar-refractivity contribution < 1.29 is 9.47 Å². The molecule has 114 valence electrons. The molecule has 0 aliphatic rings. The fraction of sp³-hybridized carbons (Fsp3) is 0.312. The molecule has 0 aliphatic heterocycles. The van der Waals surface area contributed by atoms with E-state index in [0.717, 1.165) is 28.2 Å². The molecule has 3 aromatic heterocycles. The first kappa shape index (κ1) is 14.3. The van der Waals surface area contributed by atoms with E-state index in [0.29, 0.717) is 5.88 Å². The largest absolute Gasteiger partial charge is 0.493 e. The molecule has 6 heteroatoms. The van der Waals surface area contributed by atoms with E-state index in [4.69, 9.17) is 14.5 Å². The lowest BCUT2D eigenvalue weighted by Crippen LogP contribution is -2.02. The molecule has 0 saturated heterocycles. The Morgan fingerprint density at radius 2 is 2.00 bits per heavy atom. The van der Waals surface area contributed by atoms with E-state index in [2.05, 4.69) is 23.9 Å². The van der Waals surface area contributed by atoms with Crippen molar-refractivity contribution in [3.63, 3.8) is 0 Å². The van der Waals surface area contributed by atoms with Gasteiger partial charge in [0.2, 0.25) is 5.88 Å². The second-order valence-corrected chi connectivity index (χ2v) is 5.26. The van der Waals surface area contributed by atoms with Crippen LogP contribution in [0.3, 0.4) is 0 Å². The third kappa shape index (κ3) is 2.36. The summed E-state index contributed by atoms with van der Waals surface area (Å²) in [4.78, 5) is 8.88. The van der Waals surface area contributed by atoms with Gasteiger partial charge in [-0.2, -0.15) is 5.10 Å². The van der Waals surface area contributed by atoms with Gasteiger partial charge in [-0.15, -0.1) is 0 Å². The van der Waals surface area contributed by atoms with E-state index in [-0.39, 0.29) is 5.92 Å². The summed E-state index contributed by atoms with van der Waals surface area (Å²) in [5.41, 5.74) is 3.61. The minimum absolute atomic E-state index is 0.259. The summed E-state index contributed by atoms with van der Waals surface area (Å²) in [6.45, 7) is 4.18. The maximum atomic E-state index is 5.41. The van der Waals surface area contributed by atoms with Gasteiger partial charge in [-0.1, -0.05) is 13.8 Å². The van der Waals surface area contributed by atoms with Gasteiger partial charge < -0.3 is 9.47 Å². The van der Waals surface area contributed by atoms with Crippen molar-refractivity contribution in [3.05, 3.63) is 36.4 Å². The van der Waals surface area contributed by atoms with Crippen LogP contribution in [0.2, 0.25) is 0 Å². The minimum Gasteiger partial charge on any atom is -0.493 e. The van der Waals surface area contributed by atoms with Gasteiger partial charge in [-0.3, -0.25) is 0 Å². The molecule has 3 aromatic rings. The molecule has 0 spiro atoms. The van der Waals surface area contributed by atoms with Gasteiger partial charge in [0.1, 0.15) is 0 Å². The summed E-state index contributed by atoms with van der Waals surface area (Å²) in [6, 6.07) is 3.79. The molecular formula is C16H18N4O2. The number of ether oxygens (including phenoxy) is 2. The van der Waals surface area contributed by atoms with E-state index in [1.54, 1.807) is 31.1 Å². The van der Waals surface area contributed by atoms with Crippen LogP contribution in [0.4, 0.5) is 0 Å². The molecule has 0 saturated carbocycles. The van der Waals surface area contributed by atoms with Gasteiger partial charge in [0.05, 0.1) is 32.3 Å². The van der Waals surface area contributed by atoms with Crippen LogP contribution >= 0.6 is 0 Å². The van der Waals surface area contributed by atoms with Crippen LogP contribution in [0, 0.1) is 0 Å². The molecule has 0 bridgehead atoms. The number of nitrogens with zero attached hydrogens (tertiary/aromatic N) is 4. The minimum atomic E-state index is 0.259.